The van der Waals surface area contributed by atoms with Crippen molar-refractivity contribution in [1.29, 1.82) is 0 Å². The zero-order chi connectivity index (χ0) is 12.7. The number of nitrogens with zero attached hydrogens (tertiary/aromatic N) is 2. The van der Waals surface area contributed by atoms with Crippen molar-refractivity contribution in [2.45, 2.75) is 13.0 Å². The van der Waals surface area contributed by atoms with E-state index in [-0.39, 0.29) is 12.8 Å². The molecule has 1 unspecified atom stereocenters. The fourth-order valence-corrected chi connectivity index (χ4v) is 2.95. The third-order valence-corrected chi connectivity index (χ3v) is 3.86. The van der Waals surface area contributed by atoms with Crippen molar-refractivity contribution in [3.05, 3.63) is 22.2 Å². The molecular weight excluding hydrogens is 298 g/mol. The number of guanidine groups is 1. The first kappa shape index (κ1) is 11.6. The summed E-state index contributed by atoms with van der Waals surface area (Å²) in [6.07, 6.45) is 0. The van der Waals surface area contributed by atoms with Crippen LogP contribution in [0.25, 0.3) is 0 Å². The highest BCUT2D eigenvalue weighted by molar-refractivity contribution is 9.10. The lowest BCUT2D eigenvalue weighted by molar-refractivity contribution is 0.173. The molecule has 1 aromatic carbocycles. The molecule has 96 valence electrons. The lowest BCUT2D eigenvalue weighted by Crippen LogP contribution is -2.35. The quantitative estimate of drug-likeness (QED) is 0.906. The Morgan fingerprint density at radius 3 is 3.11 bits per heavy atom. The second-order valence-corrected chi connectivity index (χ2v) is 5.09. The molecule has 18 heavy (non-hydrogen) atoms. The Morgan fingerprint density at radius 2 is 2.33 bits per heavy atom. The van der Waals surface area contributed by atoms with Crippen molar-refractivity contribution in [3.63, 3.8) is 0 Å². The second kappa shape index (κ2) is 4.35. The van der Waals surface area contributed by atoms with Crippen LogP contribution in [0.3, 0.4) is 0 Å². The van der Waals surface area contributed by atoms with Crippen LogP contribution >= 0.6 is 15.9 Å². The summed E-state index contributed by atoms with van der Waals surface area (Å²) in [5, 5.41) is 0. The maximum absolute atomic E-state index is 5.88. The Morgan fingerprint density at radius 1 is 1.50 bits per heavy atom. The number of nitrogens with two attached hydrogens (primary N) is 1. The summed E-state index contributed by atoms with van der Waals surface area (Å²) < 4.78 is 11.7. The monoisotopic (exact) mass is 311 g/mol. The maximum Gasteiger partial charge on any atom is 0.231 e. The Balaban J connectivity index is 1.96. The van der Waals surface area contributed by atoms with Crippen LogP contribution in [0.2, 0.25) is 0 Å². The fourth-order valence-electron chi connectivity index (χ4n) is 2.38. The second-order valence-electron chi connectivity index (χ2n) is 4.24. The molecule has 0 radical (unpaired) electrons. The smallest absolute Gasteiger partial charge is 0.231 e. The molecule has 0 spiro atoms. The van der Waals surface area contributed by atoms with Crippen molar-refractivity contribution in [2.75, 3.05) is 19.9 Å². The van der Waals surface area contributed by atoms with E-state index >= 15 is 0 Å². The number of halogens is 1. The SMILES string of the molecule is CCN1C(N)=NCC1c1cc(Br)c2c(c1)OCO2. The van der Waals surface area contributed by atoms with E-state index in [1.807, 2.05) is 6.07 Å². The molecule has 1 atom stereocenters. The molecule has 1 aromatic rings. The third kappa shape index (κ3) is 1.71. The van der Waals surface area contributed by atoms with E-state index < -0.39 is 0 Å². The van der Waals surface area contributed by atoms with Gasteiger partial charge in [-0.2, -0.15) is 0 Å². The van der Waals surface area contributed by atoms with Crippen LogP contribution in [0, 0.1) is 0 Å². The molecule has 0 aliphatic carbocycles. The van der Waals surface area contributed by atoms with Crippen LogP contribution in [-0.4, -0.2) is 30.7 Å². The predicted molar refractivity (Wildman–Crippen MR) is 71.9 cm³/mol. The molecule has 0 bridgehead atoms. The molecule has 0 aromatic heterocycles. The number of likely N-dealkylation sites (N-methyl/N-ethyl adjacent to an activating group) is 1. The van der Waals surface area contributed by atoms with Gasteiger partial charge in [0.1, 0.15) is 0 Å². The van der Waals surface area contributed by atoms with Crippen molar-refractivity contribution in [1.82, 2.24) is 4.90 Å². The van der Waals surface area contributed by atoms with Gasteiger partial charge in [-0.15, -0.1) is 0 Å². The number of fused-ring (bicyclic) bond motifs is 1. The fraction of sp³-hybridized carbons (Fsp3) is 0.417. The van der Waals surface area contributed by atoms with E-state index in [4.69, 9.17) is 15.2 Å². The summed E-state index contributed by atoms with van der Waals surface area (Å²) in [6, 6.07) is 4.24. The third-order valence-electron chi connectivity index (χ3n) is 3.27. The van der Waals surface area contributed by atoms with Crippen LogP contribution in [0.15, 0.2) is 21.6 Å². The van der Waals surface area contributed by atoms with Gasteiger partial charge in [0.25, 0.3) is 0 Å². The van der Waals surface area contributed by atoms with Gasteiger partial charge >= 0.3 is 0 Å². The van der Waals surface area contributed by atoms with Gasteiger partial charge in [0.2, 0.25) is 6.79 Å². The standard InChI is InChI=1S/C12H14BrN3O2/c1-2-16-9(5-15-12(16)14)7-3-8(13)11-10(4-7)17-6-18-11/h3-4,9H,2,5-6H2,1H3,(H2,14,15). The van der Waals surface area contributed by atoms with E-state index in [0.29, 0.717) is 12.5 Å². The Bertz CT molecular complexity index is 518. The molecule has 3 rings (SSSR count). The van der Waals surface area contributed by atoms with Gasteiger partial charge in [0.05, 0.1) is 17.1 Å². The van der Waals surface area contributed by atoms with Gasteiger partial charge in [-0.3, -0.25) is 4.99 Å². The Labute approximate surface area is 114 Å². The first-order valence-corrected chi connectivity index (χ1v) is 6.65. The molecule has 6 heteroatoms. The lowest BCUT2D eigenvalue weighted by atomic mass is 10.1. The molecule has 2 N–H and O–H groups in total. The molecule has 0 amide bonds. The minimum atomic E-state index is 0.181. The van der Waals surface area contributed by atoms with Crippen molar-refractivity contribution < 1.29 is 9.47 Å². The summed E-state index contributed by atoms with van der Waals surface area (Å²) in [5.74, 6) is 2.16. The zero-order valence-corrected chi connectivity index (χ0v) is 11.6. The zero-order valence-electron chi connectivity index (χ0n) is 10.0. The maximum atomic E-state index is 5.88. The van der Waals surface area contributed by atoms with Gasteiger partial charge in [-0.25, -0.2) is 0 Å². The number of benzene rings is 1. The summed E-state index contributed by atoms with van der Waals surface area (Å²) in [4.78, 5) is 6.39. The molecule has 5 nitrogen and oxygen atoms in total. The topological polar surface area (TPSA) is 60.1 Å². The van der Waals surface area contributed by atoms with Gasteiger partial charge in [0, 0.05) is 6.54 Å². The molecule has 2 aliphatic rings. The molecule has 0 fully saturated rings. The first-order valence-electron chi connectivity index (χ1n) is 5.86. The number of hydrogen-bond donors (Lipinski definition) is 1. The number of ether oxygens (including phenoxy) is 2. The minimum absolute atomic E-state index is 0.181. The summed E-state index contributed by atoms with van der Waals surface area (Å²) in [5.41, 5.74) is 7.01. The first-order chi connectivity index (χ1) is 8.70. The molecular formula is C12H14BrN3O2. The van der Waals surface area contributed by atoms with E-state index in [1.165, 1.54) is 0 Å². The normalized spacial score (nSPS) is 21.3. The van der Waals surface area contributed by atoms with Gasteiger partial charge < -0.3 is 20.1 Å². The van der Waals surface area contributed by atoms with Crippen molar-refractivity contribution >= 4 is 21.9 Å². The van der Waals surface area contributed by atoms with E-state index in [9.17, 15) is 0 Å². The van der Waals surface area contributed by atoms with Crippen molar-refractivity contribution in [3.8, 4) is 11.5 Å². The molecule has 0 saturated heterocycles. The highest BCUT2D eigenvalue weighted by Crippen LogP contribution is 2.42. The Kier molecular flexibility index (Phi) is 2.81. The predicted octanol–water partition coefficient (Wildman–Crippen LogP) is 1.87. The minimum Gasteiger partial charge on any atom is -0.454 e. The van der Waals surface area contributed by atoms with Crippen LogP contribution in [-0.2, 0) is 0 Å². The molecule has 2 heterocycles. The number of aliphatic imine (C=N–C) groups is 1. The average Bonchev–Trinajstić information content (AvgIpc) is 2.95. The number of hydrogen-bond acceptors (Lipinski definition) is 5. The molecule has 0 saturated carbocycles. The average molecular weight is 312 g/mol. The summed E-state index contributed by atoms with van der Waals surface area (Å²) in [7, 11) is 0. The van der Waals surface area contributed by atoms with Crippen LogP contribution < -0.4 is 15.2 Å². The lowest BCUT2D eigenvalue weighted by Gasteiger charge is -2.25. The van der Waals surface area contributed by atoms with Crippen LogP contribution in [0.5, 0.6) is 11.5 Å². The van der Waals surface area contributed by atoms with Gasteiger partial charge in [0.15, 0.2) is 17.5 Å². The highest BCUT2D eigenvalue weighted by atomic mass is 79.9. The van der Waals surface area contributed by atoms with Crippen LogP contribution in [0.4, 0.5) is 0 Å². The summed E-state index contributed by atoms with van der Waals surface area (Å²) in [6.45, 7) is 3.87. The largest absolute Gasteiger partial charge is 0.454 e. The van der Waals surface area contributed by atoms with E-state index in [2.05, 4.69) is 38.8 Å². The van der Waals surface area contributed by atoms with Gasteiger partial charge in [-0.1, -0.05) is 0 Å². The number of rotatable bonds is 2. The Hall–Kier alpha value is -1.43. The van der Waals surface area contributed by atoms with E-state index in [0.717, 1.165) is 28.1 Å². The van der Waals surface area contributed by atoms with Gasteiger partial charge in [-0.05, 0) is 40.5 Å². The summed E-state index contributed by atoms with van der Waals surface area (Å²) >= 11 is 3.51. The molecule has 2 aliphatic heterocycles. The van der Waals surface area contributed by atoms with Crippen molar-refractivity contribution in [2.24, 2.45) is 10.7 Å². The highest BCUT2D eigenvalue weighted by Gasteiger charge is 2.28. The van der Waals surface area contributed by atoms with Crippen LogP contribution in [0.1, 0.15) is 18.5 Å². The van der Waals surface area contributed by atoms with E-state index in [1.54, 1.807) is 0 Å².